The Hall–Kier alpha value is -2.89. The topological polar surface area (TPSA) is 46.5 Å². The molecule has 1 aromatic heterocycles. The van der Waals surface area contributed by atoms with Crippen LogP contribution in [0.25, 0.3) is 0 Å². The summed E-state index contributed by atoms with van der Waals surface area (Å²) in [4.78, 5) is 15.2. The zero-order valence-corrected chi connectivity index (χ0v) is 16.6. The van der Waals surface area contributed by atoms with Gasteiger partial charge in [-0.2, -0.15) is 0 Å². The standard InChI is InChI=1S/C24H27N3O2/c28-24(23-11-6-12-27(23)18-20-7-2-1-3-8-20)25-17-21-9-4-5-10-22(21)19-26-13-15-29-16-14-26/h1-12H,13-19H2,(H,25,28). The third kappa shape index (κ3) is 5.13. The molecule has 1 aliphatic heterocycles. The maximum absolute atomic E-state index is 12.8. The van der Waals surface area contributed by atoms with Crippen LogP contribution in [0.4, 0.5) is 0 Å². The molecule has 1 N–H and O–H groups in total. The van der Waals surface area contributed by atoms with Crippen molar-refractivity contribution >= 4 is 5.91 Å². The second kappa shape index (κ2) is 9.54. The number of amides is 1. The molecule has 0 saturated carbocycles. The Morgan fingerprint density at radius 3 is 2.38 bits per heavy atom. The van der Waals surface area contributed by atoms with Gasteiger partial charge in [-0.05, 0) is 28.8 Å². The summed E-state index contributed by atoms with van der Waals surface area (Å²) in [7, 11) is 0. The maximum atomic E-state index is 12.8. The van der Waals surface area contributed by atoms with Crippen molar-refractivity contribution in [3.8, 4) is 0 Å². The highest BCUT2D eigenvalue weighted by molar-refractivity contribution is 5.92. The van der Waals surface area contributed by atoms with Gasteiger partial charge in [-0.15, -0.1) is 0 Å². The molecule has 0 radical (unpaired) electrons. The fourth-order valence-corrected chi connectivity index (χ4v) is 3.69. The van der Waals surface area contributed by atoms with Crippen LogP contribution in [0.15, 0.2) is 72.9 Å². The van der Waals surface area contributed by atoms with E-state index in [1.807, 2.05) is 47.2 Å². The zero-order valence-electron chi connectivity index (χ0n) is 16.6. The number of hydrogen-bond acceptors (Lipinski definition) is 3. The molecule has 1 fully saturated rings. The van der Waals surface area contributed by atoms with E-state index in [0.717, 1.165) is 38.4 Å². The largest absolute Gasteiger partial charge is 0.379 e. The normalized spacial score (nSPS) is 14.6. The lowest BCUT2D eigenvalue weighted by Gasteiger charge is -2.27. The van der Waals surface area contributed by atoms with Crippen LogP contribution in [-0.4, -0.2) is 41.7 Å². The number of nitrogens with zero attached hydrogens (tertiary/aromatic N) is 2. The summed E-state index contributed by atoms with van der Waals surface area (Å²) in [5, 5.41) is 3.10. The Kier molecular flexibility index (Phi) is 6.39. The van der Waals surface area contributed by atoms with E-state index in [-0.39, 0.29) is 5.91 Å². The lowest BCUT2D eigenvalue weighted by Crippen LogP contribution is -2.36. The number of ether oxygens (including phenoxy) is 1. The predicted molar refractivity (Wildman–Crippen MR) is 114 cm³/mol. The molecule has 0 bridgehead atoms. The van der Waals surface area contributed by atoms with Crippen molar-refractivity contribution in [3.63, 3.8) is 0 Å². The molecule has 29 heavy (non-hydrogen) atoms. The number of nitrogens with one attached hydrogen (secondary N) is 1. The SMILES string of the molecule is O=C(NCc1ccccc1CN1CCOCC1)c1cccn1Cc1ccccc1. The van der Waals surface area contributed by atoms with Crippen LogP contribution >= 0.6 is 0 Å². The van der Waals surface area contributed by atoms with E-state index < -0.39 is 0 Å². The van der Waals surface area contributed by atoms with E-state index in [4.69, 9.17) is 4.74 Å². The highest BCUT2D eigenvalue weighted by Crippen LogP contribution is 2.14. The molecule has 0 atom stereocenters. The average Bonchev–Trinajstić information content (AvgIpc) is 3.22. The Bertz CT molecular complexity index is 930. The van der Waals surface area contributed by atoms with Gasteiger partial charge in [0.15, 0.2) is 0 Å². The Morgan fingerprint density at radius 2 is 1.59 bits per heavy atom. The predicted octanol–water partition coefficient (Wildman–Crippen LogP) is 3.30. The Morgan fingerprint density at radius 1 is 0.862 bits per heavy atom. The molecule has 3 aromatic rings. The molecule has 2 aromatic carbocycles. The van der Waals surface area contributed by atoms with Crippen molar-refractivity contribution in [2.75, 3.05) is 26.3 Å². The van der Waals surface area contributed by atoms with E-state index in [1.54, 1.807) is 0 Å². The summed E-state index contributed by atoms with van der Waals surface area (Å²) in [5.41, 5.74) is 4.27. The molecule has 0 unspecified atom stereocenters. The minimum atomic E-state index is -0.0490. The lowest BCUT2D eigenvalue weighted by atomic mass is 10.1. The zero-order chi connectivity index (χ0) is 19.9. The van der Waals surface area contributed by atoms with Crippen LogP contribution < -0.4 is 5.32 Å². The first kappa shape index (κ1) is 19.4. The van der Waals surface area contributed by atoms with Crippen molar-refractivity contribution in [3.05, 3.63) is 95.3 Å². The molecule has 5 nitrogen and oxygen atoms in total. The molecule has 150 valence electrons. The summed E-state index contributed by atoms with van der Waals surface area (Å²) >= 11 is 0. The molecule has 2 heterocycles. The Labute approximate surface area is 171 Å². The number of carbonyl (C=O) groups is 1. The fraction of sp³-hybridized carbons (Fsp3) is 0.292. The third-order valence-corrected chi connectivity index (χ3v) is 5.31. The van der Waals surface area contributed by atoms with Crippen LogP contribution in [0.5, 0.6) is 0 Å². The molecular weight excluding hydrogens is 362 g/mol. The van der Waals surface area contributed by atoms with Crippen molar-refractivity contribution in [2.45, 2.75) is 19.6 Å². The summed E-state index contributed by atoms with van der Waals surface area (Å²) in [5.74, 6) is -0.0490. The second-order valence-corrected chi connectivity index (χ2v) is 7.35. The molecule has 1 aliphatic rings. The van der Waals surface area contributed by atoms with Crippen LogP contribution in [0.2, 0.25) is 0 Å². The van der Waals surface area contributed by atoms with Crippen LogP contribution in [0, 0.1) is 0 Å². The van der Waals surface area contributed by atoms with Gasteiger partial charge in [0, 0.05) is 38.9 Å². The number of benzene rings is 2. The van der Waals surface area contributed by atoms with Crippen LogP contribution in [0.3, 0.4) is 0 Å². The third-order valence-electron chi connectivity index (χ3n) is 5.31. The van der Waals surface area contributed by atoms with E-state index in [2.05, 4.69) is 40.5 Å². The smallest absolute Gasteiger partial charge is 0.268 e. The highest BCUT2D eigenvalue weighted by Gasteiger charge is 2.14. The van der Waals surface area contributed by atoms with Gasteiger partial charge in [0.05, 0.1) is 13.2 Å². The molecule has 5 heteroatoms. The number of carbonyl (C=O) groups excluding carboxylic acids is 1. The van der Waals surface area contributed by atoms with E-state index in [0.29, 0.717) is 18.8 Å². The summed E-state index contributed by atoms with van der Waals surface area (Å²) < 4.78 is 7.43. The molecule has 4 rings (SSSR count). The van der Waals surface area contributed by atoms with Crippen molar-refractivity contribution in [1.82, 2.24) is 14.8 Å². The first-order chi connectivity index (χ1) is 14.3. The molecule has 0 aliphatic carbocycles. The first-order valence-electron chi connectivity index (χ1n) is 10.1. The van der Waals surface area contributed by atoms with Crippen LogP contribution in [-0.2, 0) is 24.4 Å². The monoisotopic (exact) mass is 389 g/mol. The maximum Gasteiger partial charge on any atom is 0.268 e. The summed E-state index contributed by atoms with van der Waals surface area (Å²) in [6.45, 7) is 5.58. The molecule has 1 amide bonds. The van der Waals surface area contributed by atoms with Gasteiger partial charge in [-0.3, -0.25) is 9.69 Å². The van der Waals surface area contributed by atoms with Gasteiger partial charge >= 0.3 is 0 Å². The number of morpholine rings is 1. The Balaban J connectivity index is 1.40. The lowest BCUT2D eigenvalue weighted by molar-refractivity contribution is 0.0340. The number of hydrogen-bond donors (Lipinski definition) is 1. The fourth-order valence-electron chi connectivity index (χ4n) is 3.69. The first-order valence-corrected chi connectivity index (χ1v) is 10.1. The van der Waals surface area contributed by atoms with Gasteiger partial charge in [0.1, 0.15) is 5.69 Å². The van der Waals surface area contributed by atoms with Gasteiger partial charge in [0.2, 0.25) is 0 Å². The molecule has 0 spiro atoms. The van der Waals surface area contributed by atoms with Gasteiger partial charge < -0.3 is 14.6 Å². The second-order valence-electron chi connectivity index (χ2n) is 7.35. The van der Waals surface area contributed by atoms with E-state index >= 15 is 0 Å². The van der Waals surface area contributed by atoms with Gasteiger partial charge in [0.25, 0.3) is 5.91 Å². The summed E-state index contributed by atoms with van der Waals surface area (Å²) in [6.07, 6.45) is 1.95. The van der Waals surface area contributed by atoms with Crippen molar-refractivity contribution in [1.29, 1.82) is 0 Å². The number of aromatic nitrogens is 1. The van der Waals surface area contributed by atoms with E-state index in [1.165, 1.54) is 11.1 Å². The van der Waals surface area contributed by atoms with Crippen molar-refractivity contribution < 1.29 is 9.53 Å². The minimum Gasteiger partial charge on any atom is -0.379 e. The number of rotatable bonds is 7. The van der Waals surface area contributed by atoms with E-state index in [9.17, 15) is 4.79 Å². The van der Waals surface area contributed by atoms with Crippen LogP contribution in [0.1, 0.15) is 27.2 Å². The minimum absolute atomic E-state index is 0.0490. The van der Waals surface area contributed by atoms with Gasteiger partial charge in [-0.25, -0.2) is 0 Å². The highest BCUT2D eigenvalue weighted by atomic mass is 16.5. The van der Waals surface area contributed by atoms with Gasteiger partial charge in [-0.1, -0.05) is 54.6 Å². The molecular formula is C24H27N3O2. The van der Waals surface area contributed by atoms with Crippen molar-refractivity contribution in [2.24, 2.45) is 0 Å². The summed E-state index contributed by atoms with van der Waals surface area (Å²) in [6, 6.07) is 22.3. The average molecular weight is 389 g/mol. The molecule has 1 saturated heterocycles. The quantitative estimate of drug-likeness (QED) is 0.674.